The van der Waals surface area contributed by atoms with Crippen LogP contribution in [0.4, 0.5) is 13.2 Å². The van der Waals surface area contributed by atoms with E-state index < -0.39 is 18.8 Å². The molecule has 0 amide bonds. The Morgan fingerprint density at radius 1 is 0.957 bits per heavy atom. The molecule has 2 fully saturated rings. The van der Waals surface area contributed by atoms with Gasteiger partial charge < -0.3 is 4.74 Å². The minimum Gasteiger partial charge on any atom is -0.456 e. The van der Waals surface area contributed by atoms with Gasteiger partial charge in [0.25, 0.3) is 0 Å². The van der Waals surface area contributed by atoms with Crippen LogP contribution < -0.4 is 0 Å². The molecule has 23 heavy (non-hydrogen) atoms. The van der Waals surface area contributed by atoms with E-state index in [1.54, 1.807) is 0 Å². The van der Waals surface area contributed by atoms with Crippen LogP contribution in [0, 0.1) is 23.7 Å². The predicted molar refractivity (Wildman–Crippen MR) is 82.8 cm³/mol. The summed E-state index contributed by atoms with van der Waals surface area (Å²) in [5.41, 5.74) is 0. The molecule has 0 aromatic rings. The summed E-state index contributed by atoms with van der Waals surface area (Å²) in [6.45, 7) is 0.790. The molecular formula is C18H29F3O2. The summed E-state index contributed by atoms with van der Waals surface area (Å²) < 4.78 is 40.7. The van der Waals surface area contributed by atoms with Crippen molar-refractivity contribution < 1.29 is 22.7 Å². The van der Waals surface area contributed by atoms with Crippen LogP contribution in [0.1, 0.15) is 71.1 Å². The number of rotatable bonds is 5. The van der Waals surface area contributed by atoms with Gasteiger partial charge in [0.1, 0.15) is 0 Å². The van der Waals surface area contributed by atoms with Gasteiger partial charge in [0, 0.05) is 0 Å². The third-order valence-electron chi connectivity index (χ3n) is 5.74. The summed E-state index contributed by atoms with van der Waals surface area (Å²) in [6, 6.07) is 0. The van der Waals surface area contributed by atoms with E-state index in [9.17, 15) is 18.0 Å². The van der Waals surface area contributed by atoms with Crippen molar-refractivity contribution in [3.63, 3.8) is 0 Å². The molecule has 2 rings (SSSR count). The van der Waals surface area contributed by atoms with Crippen LogP contribution >= 0.6 is 0 Å². The zero-order valence-corrected chi connectivity index (χ0v) is 14.0. The molecule has 2 aliphatic carbocycles. The van der Waals surface area contributed by atoms with Crippen molar-refractivity contribution >= 4 is 5.97 Å². The first-order valence-corrected chi connectivity index (χ1v) is 9.12. The molecule has 0 atom stereocenters. The van der Waals surface area contributed by atoms with Crippen LogP contribution in [0.25, 0.3) is 0 Å². The van der Waals surface area contributed by atoms with Gasteiger partial charge >= 0.3 is 12.1 Å². The number of carbonyl (C=O) groups excluding carboxylic acids is 1. The minimum atomic E-state index is -4.43. The van der Waals surface area contributed by atoms with Crippen molar-refractivity contribution in [2.45, 2.75) is 77.3 Å². The van der Waals surface area contributed by atoms with Crippen molar-refractivity contribution in [2.24, 2.45) is 23.7 Å². The molecule has 5 heteroatoms. The molecule has 2 nitrogen and oxygen atoms in total. The smallest absolute Gasteiger partial charge is 0.422 e. The largest absolute Gasteiger partial charge is 0.456 e. The van der Waals surface area contributed by atoms with Gasteiger partial charge in [-0.05, 0) is 56.3 Å². The number of carbonyl (C=O) groups is 1. The second-order valence-corrected chi connectivity index (χ2v) is 7.40. The number of ether oxygens (including phenoxy) is 1. The molecule has 0 unspecified atom stereocenters. The third-order valence-corrected chi connectivity index (χ3v) is 5.74. The van der Waals surface area contributed by atoms with Gasteiger partial charge in [-0.3, -0.25) is 4.79 Å². The highest BCUT2D eigenvalue weighted by Crippen LogP contribution is 2.42. The summed E-state index contributed by atoms with van der Waals surface area (Å²) in [7, 11) is 0. The normalized spacial score (nSPS) is 32.5. The molecule has 2 saturated carbocycles. The van der Waals surface area contributed by atoms with Gasteiger partial charge in [0.15, 0.2) is 6.61 Å². The average Bonchev–Trinajstić information content (AvgIpc) is 2.53. The summed E-state index contributed by atoms with van der Waals surface area (Å²) in [4.78, 5) is 11.7. The standard InChI is InChI=1S/C18H29F3O2/c1-2-3-13-4-6-14(7-5-13)15-8-10-16(11-9-15)17(22)23-12-18(19,20)21/h13-16H,2-12H2,1H3. The summed E-state index contributed by atoms with van der Waals surface area (Å²) >= 11 is 0. The van der Waals surface area contributed by atoms with E-state index in [1.165, 1.54) is 38.5 Å². The van der Waals surface area contributed by atoms with Gasteiger partial charge in [0.2, 0.25) is 0 Å². The third kappa shape index (κ3) is 6.00. The molecule has 0 aromatic heterocycles. The number of alkyl halides is 3. The lowest BCUT2D eigenvalue weighted by Crippen LogP contribution is -2.30. The molecule has 0 radical (unpaired) electrons. The fraction of sp³-hybridized carbons (Fsp3) is 0.944. The molecule has 0 bridgehead atoms. The fourth-order valence-corrected chi connectivity index (χ4v) is 4.45. The second kappa shape index (κ2) is 8.39. The highest BCUT2D eigenvalue weighted by Gasteiger charge is 2.35. The van der Waals surface area contributed by atoms with Crippen LogP contribution in [0.2, 0.25) is 0 Å². The Balaban J connectivity index is 1.69. The topological polar surface area (TPSA) is 26.3 Å². The maximum atomic E-state index is 12.1. The Bertz CT molecular complexity index is 365. The van der Waals surface area contributed by atoms with E-state index >= 15 is 0 Å². The Morgan fingerprint density at radius 2 is 1.48 bits per heavy atom. The van der Waals surface area contributed by atoms with Crippen molar-refractivity contribution in [3.05, 3.63) is 0 Å². The summed E-state index contributed by atoms with van der Waals surface area (Å²) in [5.74, 6) is 1.32. The van der Waals surface area contributed by atoms with Crippen molar-refractivity contribution in [1.29, 1.82) is 0 Å². The van der Waals surface area contributed by atoms with E-state index in [0.717, 1.165) is 24.7 Å². The second-order valence-electron chi connectivity index (χ2n) is 7.40. The van der Waals surface area contributed by atoms with E-state index in [4.69, 9.17) is 0 Å². The van der Waals surface area contributed by atoms with Gasteiger partial charge in [-0.2, -0.15) is 13.2 Å². The summed E-state index contributed by atoms with van der Waals surface area (Å²) in [6.07, 6.45) is 6.72. The van der Waals surface area contributed by atoms with Crippen molar-refractivity contribution in [1.82, 2.24) is 0 Å². The molecular weight excluding hydrogens is 305 g/mol. The molecule has 0 aliphatic heterocycles. The van der Waals surface area contributed by atoms with Gasteiger partial charge in [-0.25, -0.2) is 0 Å². The van der Waals surface area contributed by atoms with Crippen LogP contribution in [-0.4, -0.2) is 18.8 Å². The van der Waals surface area contributed by atoms with Crippen LogP contribution in [0.15, 0.2) is 0 Å². The molecule has 0 heterocycles. The number of hydrogen-bond acceptors (Lipinski definition) is 2. The van der Waals surface area contributed by atoms with E-state index in [1.807, 2.05) is 0 Å². The highest BCUT2D eigenvalue weighted by molar-refractivity contribution is 5.72. The predicted octanol–water partition coefficient (Wildman–Crippen LogP) is 5.50. The average molecular weight is 334 g/mol. The highest BCUT2D eigenvalue weighted by atomic mass is 19.4. The number of esters is 1. The lowest BCUT2D eigenvalue weighted by atomic mass is 9.69. The summed E-state index contributed by atoms with van der Waals surface area (Å²) in [5, 5.41) is 0. The molecule has 0 N–H and O–H groups in total. The molecule has 2 aliphatic rings. The maximum Gasteiger partial charge on any atom is 0.422 e. The lowest BCUT2D eigenvalue weighted by Gasteiger charge is -2.37. The van der Waals surface area contributed by atoms with Gasteiger partial charge in [0.05, 0.1) is 5.92 Å². The van der Waals surface area contributed by atoms with Gasteiger partial charge in [-0.1, -0.05) is 32.6 Å². The minimum absolute atomic E-state index is 0.329. The monoisotopic (exact) mass is 334 g/mol. The van der Waals surface area contributed by atoms with E-state index in [0.29, 0.717) is 18.8 Å². The first-order chi connectivity index (χ1) is 10.9. The first-order valence-electron chi connectivity index (χ1n) is 9.12. The van der Waals surface area contributed by atoms with Crippen molar-refractivity contribution in [3.8, 4) is 0 Å². The van der Waals surface area contributed by atoms with E-state index in [-0.39, 0.29) is 5.92 Å². The SMILES string of the molecule is CCCC1CCC(C2CCC(C(=O)OCC(F)(F)F)CC2)CC1. The molecule has 0 spiro atoms. The Labute approximate surface area is 137 Å². The Morgan fingerprint density at radius 3 is 1.96 bits per heavy atom. The molecule has 0 saturated heterocycles. The molecule has 0 aromatic carbocycles. The quantitative estimate of drug-likeness (QED) is 0.620. The lowest BCUT2D eigenvalue weighted by molar-refractivity contribution is -0.190. The zero-order chi connectivity index (χ0) is 16.9. The molecule has 134 valence electrons. The number of halogens is 3. The zero-order valence-electron chi connectivity index (χ0n) is 14.0. The fourth-order valence-electron chi connectivity index (χ4n) is 4.45. The number of hydrogen-bond donors (Lipinski definition) is 0. The van der Waals surface area contributed by atoms with Crippen LogP contribution in [0.3, 0.4) is 0 Å². The Kier molecular flexibility index (Phi) is 6.78. The van der Waals surface area contributed by atoms with Crippen LogP contribution in [-0.2, 0) is 9.53 Å². The first kappa shape index (κ1) is 18.6. The van der Waals surface area contributed by atoms with Crippen LogP contribution in [0.5, 0.6) is 0 Å². The van der Waals surface area contributed by atoms with Crippen molar-refractivity contribution in [2.75, 3.05) is 6.61 Å². The van der Waals surface area contributed by atoms with Gasteiger partial charge in [-0.15, -0.1) is 0 Å². The maximum absolute atomic E-state index is 12.1. The van der Waals surface area contributed by atoms with E-state index in [2.05, 4.69) is 11.7 Å². The Hall–Kier alpha value is -0.740.